The fourth-order valence-corrected chi connectivity index (χ4v) is 3.53. The van der Waals surface area contributed by atoms with E-state index in [0.717, 1.165) is 0 Å². The quantitative estimate of drug-likeness (QED) is 0.821. The van der Waals surface area contributed by atoms with Gasteiger partial charge in [-0.05, 0) is 17.7 Å². The lowest BCUT2D eigenvalue weighted by Gasteiger charge is -2.17. The molecule has 0 saturated heterocycles. The fourth-order valence-electron chi connectivity index (χ4n) is 1.91. The maximum atomic E-state index is 12.3. The van der Waals surface area contributed by atoms with Crippen LogP contribution in [0.25, 0.3) is 0 Å². The Bertz CT molecular complexity index is 630. The van der Waals surface area contributed by atoms with Crippen molar-refractivity contribution in [2.75, 3.05) is 6.16 Å². The third kappa shape index (κ3) is 3.32. The molecule has 0 aliphatic rings. The second-order valence-corrected chi connectivity index (χ2v) is 6.60. The van der Waals surface area contributed by atoms with Crippen LogP contribution in [0.1, 0.15) is 11.5 Å². The summed E-state index contributed by atoms with van der Waals surface area (Å²) in [5.41, 5.74) is 0.535. The maximum absolute atomic E-state index is 12.3. The molecule has 0 fully saturated rings. The zero-order valence-corrected chi connectivity index (χ0v) is 11.5. The van der Waals surface area contributed by atoms with Crippen molar-refractivity contribution in [2.24, 2.45) is 0 Å². The number of pyridine rings is 1. The second kappa shape index (κ2) is 5.99. The topological polar surface area (TPSA) is 87.5 Å². The standard InChI is InChI=1S/C14H14NO4P/c16-14(17)12(11-6-2-1-3-7-11)10-20(18,19)13-8-4-5-9-15-13/h1-9,12H,10H2,(H,16,17)(H,18,19). The van der Waals surface area contributed by atoms with E-state index >= 15 is 0 Å². The molecule has 1 aromatic heterocycles. The number of rotatable bonds is 5. The highest BCUT2D eigenvalue weighted by Crippen LogP contribution is 2.43. The molecule has 20 heavy (non-hydrogen) atoms. The number of hydrogen-bond donors (Lipinski definition) is 2. The lowest BCUT2D eigenvalue weighted by molar-refractivity contribution is -0.138. The number of carbonyl (C=O) groups is 1. The van der Waals surface area contributed by atoms with Gasteiger partial charge in [-0.2, -0.15) is 0 Å². The Morgan fingerprint density at radius 1 is 1.15 bits per heavy atom. The van der Waals surface area contributed by atoms with Crippen molar-refractivity contribution in [3.8, 4) is 0 Å². The summed E-state index contributed by atoms with van der Waals surface area (Å²) in [6.45, 7) is 0. The van der Waals surface area contributed by atoms with Crippen LogP contribution in [0.2, 0.25) is 0 Å². The summed E-state index contributed by atoms with van der Waals surface area (Å²) in [4.78, 5) is 25.3. The lowest BCUT2D eigenvalue weighted by Crippen LogP contribution is -2.20. The number of aliphatic carboxylic acids is 1. The monoisotopic (exact) mass is 291 g/mol. The van der Waals surface area contributed by atoms with Crippen molar-refractivity contribution in [2.45, 2.75) is 5.92 Å². The van der Waals surface area contributed by atoms with Crippen molar-refractivity contribution >= 4 is 18.8 Å². The summed E-state index contributed by atoms with van der Waals surface area (Å²) >= 11 is 0. The predicted octanol–water partition coefficient (Wildman–Crippen LogP) is 1.85. The van der Waals surface area contributed by atoms with Crippen molar-refractivity contribution in [3.05, 3.63) is 60.3 Å². The number of carboxylic acids is 1. The van der Waals surface area contributed by atoms with Gasteiger partial charge in [0.1, 0.15) is 5.44 Å². The van der Waals surface area contributed by atoms with Crippen LogP contribution in [0.4, 0.5) is 0 Å². The minimum atomic E-state index is -3.81. The van der Waals surface area contributed by atoms with E-state index in [9.17, 15) is 19.4 Å². The summed E-state index contributed by atoms with van der Waals surface area (Å²) in [6, 6.07) is 13.1. The van der Waals surface area contributed by atoms with Gasteiger partial charge in [-0.3, -0.25) is 14.3 Å². The molecule has 6 heteroatoms. The van der Waals surface area contributed by atoms with E-state index in [1.807, 2.05) is 0 Å². The molecule has 104 valence electrons. The van der Waals surface area contributed by atoms with E-state index in [1.165, 1.54) is 12.3 Å². The van der Waals surface area contributed by atoms with Crippen LogP contribution in [0.15, 0.2) is 54.7 Å². The van der Waals surface area contributed by atoms with Gasteiger partial charge in [0, 0.05) is 12.4 Å². The summed E-state index contributed by atoms with van der Waals surface area (Å²) in [7, 11) is -3.81. The highest BCUT2D eigenvalue weighted by Gasteiger charge is 2.32. The first-order chi connectivity index (χ1) is 9.50. The Morgan fingerprint density at radius 2 is 1.80 bits per heavy atom. The van der Waals surface area contributed by atoms with E-state index in [1.54, 1.807) is 42.5 Å². The molecule has 2 N–H and O–H groups in total. The molecule has 0 bridgehead atoms. The van der Waals surface area contributed by atoms with Gasteiger partial charge < -0.3 is 10.00 Å². The summed E-state index contributed by atoms with van der Waals surface area (Å²) in [5, 5.41) is 9.28. The molecule has 0 radical (unpaired) electrons. The smallest absolute Gasteiger partial charge is 0.311 e. The Morgan fingerprint density at radius 3 is 2.35 bits per heavy atom. The molecular formula is C14H14NO4P. The van der Waals surface area contributed by atoms with Crippen LogP contribution in [0.5, 0.6) is 0 Å². The number of hydrogen-bond acceptors (Lipinski definition) is 3. The SMILES string of the molecule is O=C(O)C(CP(=O)(O)c1ccccn1)c1ccccc1. The molecule has 1 heterocycles. The van der Waals surface area contributed by atoms with Gasteiger partial charge >= 0.3 is 5.97 Å². The van der Waals surface area contributed by atoms with Gasteiger partial charge in [0.25, 0.3) is 0 Å². The van der Waals surface area contributed by atoms with E-state index in [4.69, 9.17) is 0 Å². The summed E-state index contributed by atoms with van der Waals surface area (Å²) < 4.78 is 12.3. The molecule has 2 unspecified atom stereocenters. The molecule has 5 nitrogen and oxygen atoms in total. The number of benzene rings is 1. The number of aromatic nitrogens is 1. The zero-order valence-electron chi connectivity index (χ0n) is 10.6. The highest BCUT2D eigenvalue weighted by molar-refractivity contribution is 7.65. The molecule has 0 spiro atoms. The molecular weight excluding hydrogens is 277 g/mol. The normalized spacial score (nSPS) is 15.2. The van der Waals surface area contributed by atoms with Crippen LogP contribution in [-0.2, 0) is 9.36 Å². The Labute approximate surface area is 116 Å². The van der Waals surface area contributed by atoms with E-state index in [-0.39, 0.29) is 11.6 Å². The Hall–Kier alpha value is -1.97. The largest absolute Gasteiger partial charge is 0.481 e. The van der Waals surface area contributed by atoms with Crippen molar-refractivity contribution in [1.29, 1.82) is 0 Å². The average molecular weight is 291 g/mol. The number of carboxylic acid groups (broad SMARTS) is 1. The van der Waals surface area contributed by atoms with E-state index < -0.39 is 19.3 Å². The highest BCUT2D eigenvalue weighted by atomic mass is 31.2. The minimum absolute atomic E-state index is 0.0298. The summed E-state index contributed by atoms with van der Waals surface area (Å²) in [5.74, 6) is -2.16. The molecule has 0 aliphatic heterocycles. The third-order valence-electron chi connectivity index (χ3n) is 2.94. The van der Waals surface area contributed by atoms with E-state index in [0.29, 0.717) is 5.56 Å². The molecule has 1 aromatic carbocycles. The minimum Gasteiger partial charge on any atom is -0.481 e. The lowest BCUT2D eigenvalue weighted by atomic mass is 10.0. The molecule has 0 saturated carbocycles. The second-order valence-electron chi connectivity index (χ2n) is 4.37. The first-order valence-corrected chi connectivity index (χ1v) is 7.86. The van der Waals surface area contributed by atoms with E-state index in [2.05, 4.69) is 4.98 Å². The van der Waals surface area contributed by atoms with Crippen molar-refractivity contribution in [3.63, 3.8) is 0 Å². The maximum Gasteiger partial charge on any atom is 0.311 e. The van der Waals surface area contributed by atoms with Gasteiger partial charge in [0.05, 0.1) is 5.92 Å². The first-order valence-electron chi connectivity index (χ1n) is 6.02. The summed E-state index contributed by atoms with van der Waals surface area (Å²) in [6.07, 6.45) is 1.04. The van der Waals surface area contributed by atoms with Crippen molar-refractivity contribution < 1.29 is 19.4 Å². The van der Waals surface area contributed by atoms with Gasteiger partial charge in [0.15, 0.2) is 0 Å². The van der Waals surface area contributed by atoms with Gasteiger partial charge in [-0.15, -0.1) is 0 Å². The van der Waals surface area contributed by atoms with Gasteiger partial charge in [-0.25, -0.2) is 0 Å². The van der Waals surface area contributed by atoms with Crippen LogP contribution >= 0.6 is 7.37 Å². The molecule has 2 atom stereocenters. The Balaban J connectivity index is 2.30. The van der Waals surface area contributed by atoms with Crippen LogP contribution < -0.4 is 5.44 Å². The zero-order chi connectivity index (χ0) is 14.6. The van der Waals surface area contributed by atoms with Crippen LogP contribution in [0, 0.1) is 0 Å². The van der Waals surface area contributed by atoms with Gasteiger partial charge in [-0.1, -0.05) is 36.4 Å². The average Bonchev–Trinajstić information content (AvgIpc) is 2.46. The fraction of sp³-hybridized carbons (Fsp3) is 0.143. The Kier molecular flexibility index (Phi) is 4.32. The number of nitrogens with zero attached hydrogens (tertiary/aromatic N) is 1. The van der Waals surface area contributed by atoms with Crippen LogP contribution in [0.3, 0.4) is 0 Å². The van der Waals surface area contributed by atoms with Crippen molar-refractivity contribution in [1.82, 2.24) is 4.98 Å². The predicted molar refractivity (Wildman–Crippen MR) is 75.4 cm³/mol. The molecule has 0 aliphatic carbocycles. The third-order valence-corrected chi connectivity index (χ3v) is 4.78. The molecule has 2 rings (SSSR count). The first kappa shape index (κ1) is 14.4. The van der Waals surface area contributed by atoms with Gasteiger partial charge in [0.2, 0.25) is 7.37 Å². The van der Waals surface area contributed by atoms with Crippen LogP contribution in [-0.4, -0.2) is 27.1 Å². The molecule has 0 amide bonds. The molecule has 2 aromatic rings.